The fourth-order valence-electron chi connectivity index (χ4n) is 2.77. The van der Waals surface area contributed by atoms with Crippen molar-refractivity contribution in [2.24, 2.45) is 0 Å². The Kier molecular flexibility index (Phi) is 6.79. The van der Waals surface area contributed by atoms with Gasteiger partial charge in [0.2, 0.25) is 0 Å². The van der Waals surface area contributed by atoms with Crippen LogP contribution in [0.4, 0.5) is 0 Å². The van der Waals surface area contributed by atoms with Gasteiger partial charge in [0, 0.05) is 6.04 Å². The largest absolute Gasteiger partial charge is 0.314 e. The number of nitrogens with one attached hydrogen (secondary N) is 1. The van der Waals surface area contributed by atoms with Gasteiger partial charge in [-0.3, -0.25) is 0 Å². The van der Waals surface area contributed by atoms with E-state index in [4.69, 9.17) is 0 Å². The molecule has 0 radical (unpaired) electrons. The first-order chi connectivity index (χ1) is 11.3. The van der Waals surface area contributed by atoms with Crippen molar-refractivity contribution in [3.05, 3.63) is 29.8 Å². The molecule has 1 aliphatic rings. The second-order valence-electron chi connectivity index (χ2n) is 6.24. The van der Waals surface area contributed by atoms with Crippen LogP contribution in [0, 0.1) is 6.92 Å². The Labute approximate surface area is 144 Å². The van der Waals surface area contributed by atoms with E-state index in [2.05, 4.69) is 8.95 Å². The highest BCUT2D eigenvalue weighted by atomic mass is 32.3. The van der Waals surface area contributed by atoms with E-state index in [1.54, 1.807) is 12.1 Å². The van der Waals surface area contributed by atoms with Crippen LogP contribution in [0.5, 0.6) is 0 Å². The normalized spacial score (nSPS) is 19.8. The summed E-state index contributed by atoms with van der Waals surface area (Å²) in [5.74, 6) is -0.295. The van der Waals surface area contributed by atoms with Gasteiger partial charge in [-0.25, -0.2) is 0 Å². The summed E-state index contributed by atoms with van der Waals surface area (Å²) in [6, 6.07) is 6.18. The Morgan fingerprint density at radius 1 is 1.08 bits per heavy atom. The molecule has 1 saturated heterocycles. The summed E-state index contributed by atoms with van der Waals surface area (Å²) >= 11 is 0. The van der Waals surface area contributed by atoms with Gasteiger partial charge in [0.1, 0.15) is 0 Å². The Balaban J connectivity index is 1.89. The van der Waals surface area contributed by atoms with Crippen LogP contribution in [0.1, 0.15) is 44.1 Å². The van der Waals surface area contributed by atoms with Crippen LogP contribution < -0.4 is 5.32 Å². The van der Waals surface area contributed by atoms with Crippen LogP contribution in [0.15, 0.2) is 29.2 Å². The predicted molar refractivity (Wildman–Crippen MR) is 92.7 cm³/mol. The van der Waals surface area contributed by atoms with Gasteiger partial charge >= 0.3 is 10.1 Å². The molecule has 1 fully saturated rings. The van der Waals surface area contributed by atoms with E-state index in [-0.39, 0.29) is 10.6 Å². The fourth-order valence-corrected chi connectivity index (χ4v) is 5.44. The lowest BCUT2D eigenvalue weighted by molar-refractivity contribution is 0.449. The molecular formula is C16H25NO5S2. The summed E-state index contributed by atoms with van der Waals surface area (Å²) in [6.07, 6.45) is 5.59. The molecule has 24 heavy (non-hydrogen) atoms. The third-order valence-corrected chi connectivity index (χ3v) is 7.30. The van der Waals surface area contributed by atoms with Crippen molar-refractivity contribution >= 4 is 20.2 Å². The Bertz CT molecular complexity index is 718. The van der Waals surface area contributed by atoms with E-state index in [0.29, 0.717) is 18.9 Å². The first-order valence-electron chi connectivity index (χ1n) is 8.27. The zero-order valence-electron chi connectivity index (χ0n) is 13.9. The zero-order valence-corrected chi connectivity index (χ0v) is 15.5. The standard InChI is InChI=1S/C16H25NO5S2/c1-14-8-10-16(11-9-14)24(20,21)22-23(18,19)13-5-7-15-6-3-2-4-12-17-15/h8-11,15,17H,2-7,12-13H2,1H3. The number of rotatable bonds is 7. The first kappa shape index (κ1) is 19.4. The zero-order chi connectivity index (χ0) is 17.6. The molecular weight excluding hydrogens is 350 g/mol. The van der Waals surface area contributed by atoms with Crippen LogP contribution in [-0.4, -0.2) is 35.2 Å². The van der Waals surface area contributed by atoms with Gasteiger partial charge in [-0.2, -0.15) is 16.8 Å². The molecule has 0 saturated carbocycles. The number of hydrogen-bond acceptors (Lipinski definition) is 6. The SMILES string of the molecule is Cc1ccc(S(=O)(=O)OS(=O)(=O)CCCC2CCCCCN2)cc1. The maximum absolute atomic E-state index is 12.1. The molecule has 0 bridgehead atoms. The molecule has 1 aromatic carbocycles. The van der Waals surface area contributed by atoms with Crippen molar-refractivity contribution in [1.29, 1.82) is 0 Å². The van der Waals surface area contributed by atoms with Crippen LogP contribution in [-0.2, 0) is 23.9 Å². The summed E-state index contributed by atoms with van der Waals surface area (Å²) in [5.41, 5.74) is 0.882. The number of benzene rings is 1. The molecule has 2 rings (SSSR count). The van der Waals surface area contributed by atoms with Crippen molar-refractivity contribution in [2.45, 2.75) is 56.4 Å². The highest BCUT2D eigenvalue weighted by Gasteiger charge is 2.25. The van der Waals surface area contributed by atoms with Gasteiger partial charge in [0.25, 0.3) is 10.1 Å². The average molecular weight is 376 g/mol. The topological polar surface area (TPSA) is 89.5 Å². The molecule has 6 nitrogen and oxygen atoms in total. The van der Waals surface area contributed by atoms with E-state index < -0.39 is 20.2 Å². The lowest BCUT2D eigenvalue weighted by atomic mass is 10.1. The molecule has 1 heterocycles. The van der Waals surface area contributed by atoms with Crippen molar-refractivity contribution in [2.75, 3.05) is 12.3 Å². The molecule has 136 valence electrons. The smallest absolute Gasteiger partial charge is 0.311 e. The monoisotopic (exact) mass is 375 g/mol. The Hall–Kier alpha value is -0.960. The van der Waals surface area contributed by atoms with Gasteiger partial charge in [0.15, 0.2) is 0 Å². The molecule has 0 amide bonds. The van der Waals surface area contributed by atoms with Gasteiger partial charge in [-0.1, -0.05) is 30.5 Å². The van der Waals surface area contributed by atoms with E-state index >= 15 is 0 Å². The van der Waals surface area contributed by atoms with E-state index in [1.807, 2.05) is 6.92 Å². The van der Waals surface area contributed by atoms with Crippen LogP contribution in [0.25, 0.3) is 0 Å². The lowest BCUT2D eigenvalue weighted by Crippen LogP contribution is -2.28. The highest BCUT2D eigenvalue weighted by molar-refractivity contribution is 7.99. The molecule has 1 unspecified atom stereocenters. The lowest BCUT2D eigenvalue weighted by Gasteiger charge is -2.15. The minimum absolute atomic E-state index is 0.151. The fraction of sp³-hybridized carbons (Fsp3) is 0.625. The molecule has 1 N–H and O–H groups in total. The molecule has 1 atom stereocenters. The second-order valence-corrected chi connectivity index (χ2v) is 9.69. The summed E-state index contributed by atoms with van der Waals surface area (Å²) in [7, 11) is -8.42. The van der Waals surface area contributed by atoms with E-state index in [9.17, 15) is 16.8 Å². The summed E-state index contributed by atoms with van der Waals surface area (Å²) in [4.78, 5) is -0.151. The Morgan fingerprint density at radius 3 is 2.50 bits per heavy atom. The van der Waals surface area contributed by atoms with E-state index in [1.165, 1.54) is 18.6 Å². The summed E-state index contributed by atoms with van der Waals surface area (Å²) in [5, 5.41) is 3.39. The minimum Gasteiger partial charge on any atom is -0.314 e. The van der Waals surface area contributed by atoms with Gasteiger partial charge in [-0.15, -0.1) is 3.63 Å². The maximum Gasteiger partial charge on any atom is 0.311 e. The number of aryl methyl sites for hydroxylation is 1. The highest BCUT2D eigenvalue weighted by Crippen LogP contribution is 2.18. The van der Waals surface area contributed by atoms with Crippen LogP contribution >= 0.6 is 0 Å². The molecule has 1 aliphatic heterocycles. The molecule has 0 aromatic heterocycles. The molecule has 0 aliphatic carbocycles. The molecule has 8 heteroatoms. The molecule has 1 aromatic rings. The first-order valence-corrected chi connectivity index (χ1v) is 11.3. The quantitative estimate of drug-likeness (QED) is 0.787. The van der Waals surface area contributed by atoms with Crippen molar-refractivity contribution in [3.8, 4) is 0 Å². The van der Waals surface area contributed by atoms with Crippen LogP contribution in [0.3, 0.4) is 0 Å². The Morgan fingerprint density at radius 2 is 1.79 bits per heavy atom. The second kappa shape index (κ2) is 8.42. The summed E-state index contributed by atoms with van der Waals surface area (Å²) in [6.45, 7) is 2.77. The average Bonchev–Trinajstić information content (AvgIpc) is 2.75. The van der Waals surface area contributed by atoms with Gasteiger partial charge < -0.3 is 5.32 Å². The molecule has 0 spiro atoms. The van der Waals surface area contributed by atoms with Crippen molar-refractivity contribution < 1.29 is 20.5 Å². The minimum atomic E-state index is -4.30. The van der Waals surface area contributed by atoms with Gasteiger partial charge in [0.05, 0.1) is 10.6 Å². The van der Waals surface area contributed by atoms with Gasteiger partial charge in [-0.05, 0) is 51.3 Å². The number of hydrogen-bond donors (Lipinski definition) is 1. The summed E-state index contributed by atoms with van der Waals surface area (Å²) < 4.78 is 52.5. The maximum atomic E-state index is 12.1. The van der Waals surface area contributed by atoms with Crippen molar-refractivity contribution in [3.63, 3.8) is 0 Å². The third-order valence-electron chi connectivity index (χ3n) is 4.11. The van der Waals surface area contributed by atoms with Crippen molar-refractivity contribution in [1.82, 2.24) is 5.32 Å². The third kappa shape index (κ3) is 6.16. The van der Waals surface area contributed by atoms with E-state index in [0.717, 1.165) is 31.4 Å². The van der Waals surface area contributed by atoms with Crippen LogP contribution in [0.2, 0.25) is 0 Å². The predicted octanol–water partition coefficient (Wildman–Crippen LogP) is 2.34.